The van der Waals surface area contributed by atoms with Gasteiger partial charge in [-0.3, -0.25) is 9.89 Å². The number of ether oxygens (including phenoxy) is 1. The van der Waals surface area contributed by atoms with Crippen molar-refractivity contribution in [3.63, 3.8) is 0 Å². The van der Waals surface area contributed by atoms with E-state index in [-0.39, 0.29) is 11.6 Å². The molecule has 1 saturated carbocycles. The number of benzene rings is 1. The summed E-state index contributed by atoms with van der Waals surface area (Å²) in [6, 6.07) is 8.44. The van der Waals surface area contributed by atoms with Crippen LogP contribution in [-0.4, -0.2) is 78.3 Å². The molecular formula is C24H29N5O3S. The van der Waals surface area contributed by atoms with Gasteiger partial charge in [0.1, 0.15) is 23.5 Å². The Balaban J connectivity index is 1.17. The summed E-state index contributed by atoms with van der Waals surface area (Å²) < 4.78 is 29.8. The standard InChI is InChI=1S/C24H29N5O3S/c1-24(5-6-24)32-19-3-2-17-14-25-23(20(17)12-19)21-13-22(27-16-26-21)29-9-7-28(8-10-29)18-4-11-33(30,31)15-18/h2-3,12-13,16,18H,4-11,14-15H2,1H3. The van der Waals surface area contributed by atoms with Gasteiger partial charge in [-0.2, -0.15) is 0 Å². The summed E-state index contributed by atoms with van der Waals surface area (Å²) in [5.74, 6) is 2.41. The lowest BCUT2D eigenvalue weighted by atomic mass is 10.0. The zero-order valence-corrected chi connectivity index (χ0v) is 19.7. The van der Waals surface area contributed by atoms with Gasteiger partial charge in [0, 0.05) is 43.9 Å². The van der Waals surface area contributed by atoms with Crippen molar-refractivity contribution in [2.45, 2.75) is 44.4 Å². The van der Waals surface area contributed by atoms with Gasteiger partial charge in [0.05, 0.1) is 29.5 Å². The van der Waals surface area contributed by atoms with Gasteiger partial charge in [0.15, 0.2) is 9.84 Å². The van der Waals surface area contributed by atoms with Gasteiger partial charge in [-0.05, 0) is 43.9 Å². The third kappa shape index (κ3) is 4.24. The minimum atomic E-state index is -2.86. The zero-order chi connectivity index (χ0) is 22.6. The fourth-order valence-corrected chi connectivity index (χ4v) is 6.80. The molecule has 1 aliphatic carbocycles. The van der Waals surface area contributed by atoms with E-state index < -0.39 is 9.84 Å². The third-order valence-electron chi connectivity index (χ3n) is 7.32. The molecule has 0 N–H and O–H groups in total. The molecule has 2 aromatic rings. The Labute approximate surface area is 194 Å². The van der Waals surface area contributed by atoms with Gasteiger partial charge in [-0.15, -0.1) is 0 Å². The van der Waals surface area contributed by atoms with Crippen LogP contribution in [0.1, 0.15) is 43.0 Å². The van der Waals surface area contributed by atoms with Gasteiger partial charge in [-0.25, -0.2) is 18.4 Å². The van der Waals surface area contributed by atoms with Crippen molar-refractivity contribution in [3.8, 4) is 5.75 Å². The molecular weight excluding hydrogens is 438 g/mol. The molecule has 0 radical (unpaired) electrons. The number of hydrogen-bond donors (Lipinski definition) is 0. The number of aliphatic imine (C=N–C) groups is 1. The first kappa shape index (κ1) is 21.0. The molecule has 1 aromatic carbocycles. The normalized spacial score (nSPS) is 25.5. The first-order chi connectivity index (χ1) is 15.9. The molecule has 8 nitrogen and oxygen atoms in total. The summed E-state index contributed by atoms with van der Waals surface area (Å²) in [5.41, 5.74) is 4.00. The van der Waals surface area contributed by atoms with Crippen molar-refractivity contribution in [2.75, 3.05) is 42.6 Å². The zero-order valence-electron chi connectivity index (χ0n) is 18.9. The van der Waals surface area contributed by atoms with Crippen molar-refractivity contribution < 1.29 is 13.2 Å². The molecule has 2 saturated heterocycles. The van der Waals surface area contributed by atoms with E-state index in [1.165, 1.54) is 5.56 Å². The molecule has 1 atom stereocenters. The number of rotatable bonds is 5. The number of aromatic nitrogens is 2. The number of nitrogens with zero attached hydrogens (tertiary/aromatic N) is 5. The molecule has 0 bridgehead atoms. The summed E-state index contributed by atoms with van der Waals surface area (Å²) in [5, 5.41) is 0. The number of hydrogen-bond acceptors (Lipinski definition) is 8. The largest absolute Gasteiger partial charge is 0.488 e. The molecule has 6 rings (SSSR count). The Hall–Kier alpha value is -2.52. The molecule has 9 heteroatoms. The number of fused-ring (bicyclic) bond motifs is 1. The summed E-state index contributed by atoms with van der Waals surface area (Å²) in [6.07, 6.45) is 4.57. The second kappa shape index (κ2) is 7.77. The summed E-state index contributed by atoms with van der Waals surface area (Å²) >= 11 is 0. The molecule has 3 fully saturated rings. The maximum absolute atomic E-state index is 11.8. The topological polar surface area (TPSA) is 88.0 Å². The van der Waals surface area contributed by atoms with Crippen molar-refractivity contribution in [2.24, 2.45) is 4.99 Å². The fraction of sp³-hybridized carbons (Fsp3) is 0.542. The van der Waals surface area contributed by atoms with Crippen LogP contribution < -0.4 is 9.64 Å². The van der Waals surface area contributed by atoms with Crippen LogP contribution in [0.15, 0.2) is 35.6 Å². The average Bonchev–Trinajstić information content (AvgIpc) is 3.22. The van der Waals surface area contributed by atoms with E-state index in [1.54, 1.807) is 6.33 Å². The quantitative estimate of drug-likeness (QED) is 0.665. The van der Waals surface area contributed by atoms with Gasteiger partial charge in [0.25, 0.3) is 0 Å². The van der Waals surface area contributed by atoms with Crippen LogP contribution >= 0.6 is 0 Å². The molecule has 0 spiro atoms. The van der Waals surface area contributed by atoms with E-state index in [0.29, 0.717) is 18.1 Å². The predicted molar refractivity (Wildman–Crippen MR) is 127 cm³/mol. The van der Waals surface area contributed by atoms with Crippen LogP contribution in [-0.2, 0) is 16.4 Å². The van der Waals surface area contributed by atoms with E-state index in [0.717, 1.165) is 74.0 Å². The monoisotopic (exact) mass is 467 g/mol. The number of piperazine rings is 1. The average molecular weight is 468 g/mol. The van der Waals surface area contributed by atoms with Gasteiger partial charge in [-0.1, -0.05) is 6.07 Å². The van der Waals surface area contributed by atoms with Crippen molar-refractivity contribution in [1.82, 2.24) is 14.9 Å². The Morgan fingerprint density at radius 2 is 1.91 bits per heavy atom. The van der Waals surface area contributed by atoms with Crippen LogP contribution in [0.5, 0.6) is 5.75 Å². The van der Waals surface area contributed by atoms with E-state index >= 15 is 0 Å². The van der Waals surface area contributed by atoms with E-state index in [2.05, 4.69) is 38.8 Å². The Bertz CT molecular complexity index is 1220. The lowest BCUT2D eigenvalue weighted by Gasteiger charge is -2.38. The Morgan fingerprint density at radius 1 is 1.09 bits per heavy atom. The maximum atomic E-state index is 11.8. The second-order valence-corrected chi connectivity index (χ2v) is 12.1. The summed E-state index contributed by atoms with van der Waals surface area (Å²) in [7, 11) is -2.86. The number of anilines is 1. The van der Waals surface area contributed by atoms with Gasteiger partial charge >= 0.3 is 0 Å². The van der Waals surface area contributed by atoms with Crippen molar-refractivity contribution in [3.05, 3.63) is 47.4 Å². The number of sulfone groups is 1. The first-order valence-corrected chi connectivity index (χ1v) is 13.6. The maximum Gasteiger partial charge on any atom is 0.151 e. The SMILES string of the molecule is CC1(Oc2ccc3c(c2)C(c2cc(N4CCN(C5CCS(=O)(=O)C5)CC4)ncn2)=NC3)CC1. The molecule has 1 aromatic heterocycles. The van der Waals surface area contributed by atoms with Crippen molar-refractivity contribution >= 4 is 21.4 Å². The smallest absolute Gasteiger partial charge is 0.151 e. The second-order valence-electron chi connectivity index (χ2n) is 9.88. The highest BCUT2D eigenvalue weighted by Crippen LogP contribution is 2.40. The molecule has 0 amide bonds. The van der Waals surface area contributed by atoms with E-state index in [9.17, 15) is 8.42 Å². The fourth-order valence-electron chi connectivity index (χ4n) is 5.04. The van der Waals surface area contributed by atoms with Crippen LogP contribution in [0.2, 0.25) is 0 Å². The van der Waals surface area contributed by atoms with Gasteiger partial charge in [0.2, 0.25) is 0 Å². The Kier molecular flexibility index (Phi) is 4.95. The molecule has 4 heterocycles. The van der Waals surface area contributed by atoms with Crippen LogP contribution in [0.25, 0.3) is 0 Å². The highest BCUT2D eigenvalue weighted by atomic mass is 32.2. The third-order valence-corrected chi connectivity index (χ3v) is 9.07. The molecule has 174 valence electrons. The molecule has 33 heavy (non-hydrogen) atoms. The summed E-state index contributed by atoms with van der Waals surface area (Å²) in [6.45, 7) is 6.16. The molecule has 4 aliphatic rings. The lowest BCUT2D eigenvalue weighted by molar-refractivity contribution is 0.200. The molecule has 3 aliphatic heterocycles. The highest BCUT2D eigenvalue weighted by molar-refractivity contribution is 7.91. The first-order valence-electron chi connectivity index (χ1n) is 11.8. The van der Waals surface area contributed by atoms with Crippen LogP contribution in [0.3, 0.4) is 0 Å². The van der Waals surface area contributed by atoms with Crippen molar-refractivity contribution in [1.29, 1.82) is 0 Å². The minimum absolute atomic E-state index is 0.0168. The minimum Gasteiger partial charge on any atom is -0.488 e. The van der Waals surface area contributed by atoms with Crippen LogP contribution in [0.4, 0.5) is 5.82 Å². The highest BCUT2D eigenvalue weighted by Gasteiger charge is 2.40. The van der Waals surface area contributed by atoms with Crippen LogP contribution in [0, 0.1) is 0 Å². The van der Waals surface area contributed by atoms with Gasteiger partial charge < -0.3 is 9.64 Å². The van der Waals surface area contributed by atoms with E-state index in [4.69, 9.17) is 9.73 Å². The molecule has 1 unspecified atom stereocenters. The summed E-state index contributed by atoms with van der Waals surface area (Å²) in [4.78, 5) is 18.4. The van der Waals surface area contributed by atoms with E-state index in [1.807, 2.05) is 12.1 Å². The lowest BCUT2D eigenvalue weighted by Crippen LogP contribution is -2.51. The predicted octanol–water partition coefficient (Wildman–Crippen LogP) is 2.07. The Morgan fingerprint density at radius 3 is 2.64 bits per heavy atom.